The first kappa shape index (κ1) is 29.2. The van der Waals surface area contributed by atoms with Crippen molar-refractivity contribution >= 4 is 34.6 Å². The summed E-state index contributed by atoms with van der Waals surface area (Å²) in [5.74, 6) is 0.711. The van der Waals surface area contributed by atoms with Crippen LogP contribution in [0.5, 0.6) is 5.75 Å². The standard InChI is InChI=1S/C29H37N3O5S/c1-21(33)38-17-7-3-6-14-25(32-29(36)26-15-9-16-27(34)31-26)28(35)30-19-23-12-8-13-24(18-23)37-20-22-10-4-2-5-11-22/h2,4-5,8,10-13,18,25-26H,3,6-7,9,14-17,19-20H2,1H3,(H,30,35)(H,31,34)(H,32,36)/t25-,26-/m0/s1. The third kappa shape index (κ3) is 10.6. The molecule has 2 aromatic carbocycles. The molecule has 0 bridgehead atoms. The predicted octanol–water partition coefficient (Wildman–Crippen LogP) is 3.88. The third-order valence-electron chi connectivity index (χ3n) is 6.24. The average Bonchev–Trinajstić information content (AvgIpc) is 2.92. The van der Waals surface area contributed by atoms with Gasteiger partial charge in [0.15, 0.2) is 5.12 Å². The summed E-state index contributed by atoms with van der Waals surface area (Å²) >= 11 is 1.30. The van der Waals surface area contributed by atoms with Crippen LogP contribution < -0.4 is 20.7 Å². The quantitative estimate of drug-likeness (QED) is 0.314. The fourth-order valence-corrected chi connectivity index (χ4v) is 4.82. The molecule has 1 saturated heterocycles. The van der Waals surface area contributed by atoms with Gasteiger partial charge in [0.05, 0.1) is 0 Å². The van der Waals surface area contributed by atoms with Crippen molar-refractivity contribution in [3.63, 3.8) is 0 Å². The Morgan fingerprint density at radius 2 is 1.84 bits per heavy atom. The average molecular weight is 540 g/mol. The van der Waals surface area contributed by atoms with E-state index in [1.165, 1.54) is 11.8 Å². The Bertz CT molecular complexity index is 1080. The zero-order valence-corrected chi connectivity index (χ0v) is 22.7. The minimum Gasteiger partial charge on any atom is -0.489 e. The topological polar surface area (TPSA) is 114 Å². The minimum atomic E-state index is -0.709. The van der Waals surface area contributed by atoms with Gasteiger partial charge in [0.25, 0.3) is 0 Å². The lowest BCUT2D eigenvalue weighted by Gasteiger charge is -2.25. The molecule has 38 heavy (non-hydrogen) atoms. The minimum absolute atomic E-state index is 0.0959. The lowest BCUT2D eigenvalue weighted by atomic mass is 10.0. The van der Waals surface area contributed by atoms with E-state index in [2.05, 4.69) is 16.0 Å². The predicted molar refractivity (Wildman–Crippen MR) is 148 cm³/mol. The van der Waals surface area contributed by atoms with Crippen LogP contribution in [0.1, 0.15) is 63.0 Å². The van der Waals surface area contributed by atoms with Crippen molar-refractivity contribution in [3.8, 4) is 5.75 Å². The number of nitrogens with one attached hydrogen (secondary N) is 3. The SMILES string of the molecule is CC(=O)SCCCCC[C@H](NC(=O)[C@@H]1CCCC(=O)N1)C(=O)NCc1cccc(OCc2ccccc2)c1. The first-order valence-corrected chi connectivity index (χ1v) is 14.2. The fourth-order valence-electron chi connectivity index (χ4n) is 4.18. The van der Waals surface area contributed by atoms with E-state index in [1.54, 1.807) is 6.92 Å². The molecule has 3 N–H and O–H groups in total. The Balaban J connectivity index is 1.53. The lowest BCUT2D eigenvalue weighted by Crippen LogP contribution is -2.54. The van der Waals surface area contributed by atoms with E-state index in [9.17, 15) is 19.2 Å². The van der Waals surface area contributed by atoms with Crippen molar-refractivity contribution < 1.29 is 23.9 Å². The number of carbonyl (C=O) groups excluding carboxylic acids is 4. The van der Waals surface area contributed by atoms with Crippen LogP contribution in [0, 0.1) is 0 Å². The number of rotatable bonds is 14. The summed E-state index contributed by atoms with van der Waals surface area (Å²) in [6.45, 7) is 2.30. The summed E-state index contributed by atoms with van der Waals surface area (Å²) in [6.07, 6.45) is 4.54. The maximum atomic E-state index is 13.1. The highest BCUT2D eigenvalue weighted by atomic mass is 32.2. The maximum Gasteiger partial charge on any atom is 0.243 e. The molecule has 0 saturated carbocycles. The molecule has 0 aromatic heterocycles. The summed E-state index contributed by atoms with van der Waals surface area (Å²) in [4.78, 5) is 48.8. The van der Waals surface area contributed by atoms with Gasteiger partial charge in [-0.3, -0.25) is 19.2 Å². The molecule has 2 aromatic rings. The Labute approximate surface area is 228 Å². The van der Waals surface area contributed by atoms with E-state index in [0.29, 0.717) is 44.6 Å². The van der Waals surface area contributed by atoms with Crippen molar-refractivity contribution in [2.45, 2.75) is 77.1 Å². The number of hydrogen-bond acceptors (Lipinski definition) is 6. The van der Waals surface area contributed by atoms with Gasteiger partial charge in [-0.2, -0.15) is 0 Å². The van der Waals surface area contributed by atoms with Crippen LogP contribution in [0.4, 0.5) is 0 Å². The highest BCUT2D eigenvalue weighted by Gasteiger charge is 2.28. The van der Waals surface area contributed by atoms with E-state index in [4.69, 9.17) is 4.74 Å². The summed E-state index contributed by atoms with van der Waals surface area (Å²) in [5.41, 5.74) is 1.95. The third-order valence-corrected chi connectivity index (χ3v) is 7.14. The molecule has 3 amide bonds. The van der Waals surface area contributed by atoms with Gasteiger partial charge >= 0.3 is 0 Å². The van der Waals surface area contributed by atoms with Gasteiger partial charge in [0.1, 0.15) is 24.4 Å². The molecule has 0 aliphatic carbocycles. The molecule has 3 rings (SSSR count). The van der Waals surface area contributed by atoms with Gasteiger partial charge in [0.2, 0.25) is 17.7 Å². The van der Waals surface area contributed by atoms with Gasteiger partial charge < -0.3 is 20.7 Å². The Hall–Kier alpha value is -3.33. The van der Waals surface area contributed by atoms with Crippen LogP contribution >= 0.6 is 11.8 Å². The van der Waals surface area contributed by atoms with Crippen LogP contribution in [0.15, 0.2) is 54.6 Å². The first-order chi connectivity index (χ1) is 18.4. The van der Waals surface area contributed by atoms with Crippen molar-refractivity contribution in [1.29, 1.82) is 0 Å². The second-order valence-electron chi connectivity index (χ2n) is 9.40. The largest absolute Gasteiger partial charge is 0.489 e. The number of unbranched alkanes of at least 4 members (excludes halogenated alkanes) is 2. The van der Waals surface area contributed by atoms with E-state index in [1.807, 2.05) is 54.6 Å². The van der Waals surface area contributed by atoms with Crippen LogP contribution in [0.3, 0.4) is 0 Å². The molecule has 0 unspecified atom stereocenters. The summed E-state index contributed by atoms with van der Waals surface area (Å²) in [7, 11) is 0. The Morgan fingerprint density at radius 1 is 1.05 bits per heavy atom. The zero-order valence-electron chi connectivity index (χ0n) is 21.9. The highest BCUT2D eigenvalue weighted by molar-refractivity contribution is 8.13. The number of carbonyl (C=O) groups is 4. The molecular formula is C29H37N3O5S. The van der Waals surface area contributed by atoms with E-state index >= 15 is 0 Å². The van der Waals surface area contributed by atoms with Crippen LogP contribution in [-0.4, -0.2) is 40.7 Å². The van der Waals surface area contributed by atoms with Gasteiger partial charge in [-0.25, -0.2) is 0 Å². The number of benzene rings is 2. The van der Waals surface area contributed by atoms with Crippen molar-refractivity contribution in [1.82, 2.24) is 16.0 Å². The van der Waals surface area contributed by atoms with Crippen LogP contribution in [0.2, 0.25) is 0 Å². The molecule has 204 valence electrons. The van der Waals surface area contributed by atoms with E-state index in [-0.39, 0.29) is 22.8 Å². The highest BCUT2D eigenvalue weighted by Crippen LogP contribution is 2.16. The van der Waals surface area contributed by atoms with Crippen LogP contribution in [-0.2, 0) is 32.3 Å². The summed E-state index contributed by atoms with van der Waals surface area (Å²) in [6, 6.07) is 16.1. The Kier molecular flexibility index (Phi) is 12.2. The lowest BCUT2D eigenvalue weighted by molar-refractivity contribution is -0.133. The smallest absolute Gasteiger partial charge is 0.243 e. The molecule has 2 atom stereocenters. The molecule has 0 radical (unpaired) electrons. The van der Waals surface area contributed by atoms with E-state index < -0.39 is 12.1 Å². The van der Waals surface area contributed by atoms with Gasteiger partial charge in [-0.05, 0) is 48.9 Å². The van der Waals surface area contributed by atoms with Crippen LogP contribution in [0.25, 0.3) is 0 Å². The van der Waals surface area contributed by atoms with Crippen molar-refractivity contribution in [3.05, 3.63) is 65.7 Å². The Morgan fingerprint density at radius 3 is 2.61 bits per heavy atom. The number of piperidine rings is 1. The van der Waals surface area contributed by atoms with Gasteiger partial charge in [-0.15, -0.1) is 0 Å². The molecule has 1 aliphatic rings. The van der Waals surface area contributed by atoms with Gasteiger partial charge in [0, 0.05) is 25.6 Å². The molecule has 1 aliphatic heterocycles. The molecular weight excluding hydrogens is 502 g/mol. The summed E-state index contributed by atoms with van der Waals surface area (Å²) < 4.78 is 5.89. The number of thioether (sulfide) groups is 1. The first-order valence-electron chi connectivity index (χ1n) is 13.2. The van der Waals surface area contributed by atoms with E-state index in [0.717, 1.165) is 36.1 Å². The monoisotopic (exact) mass is 539 g/mol. The zero-order chi connectivity index (χ0) is 27.2. The summed E-state index contributed by atoms with van der Waals surface area (Å²) in [5, 5.41) is 8.60. The fraction of sp³-hybridized carbons (Fsp3) is 0.448. The number of ether oxygens (including phenoxy) is 1. The molecule has 1 heterocycles. The number of amides is 3. The maximum absolute atomic E-state index is 13.1. The van der Waals surface area contributed by atoms with Crippen molar-refractivity contribution in [2.24, 2.45) is 0 Å². The second-order valence-corrected chi connectivity index (χ2v) is 10.7. The van der Waals surface area contributed by atoms with Crippen molar-refractivity contribution in [2.75, 3.05) is 5.75 Å². The normalized spacial score (nSPS) is 15.7. The molecule has 1 fully saturated rings. The number of hydrogen-bond donors (Lipinski definition) is 3. The molecule has 9 heteroatoms. The second kappa shape index (κ2) is 15.8. The molecule has 0 spiro atoms. The van der Waals surface area contributed by atoms with Gasteiger partial charge in [-0.1, -0.05) is 67.1 Å². The molecule has 8 nitrogen and oxygen atoms in total.